The molecule has 1 aromatic heterocycles. The summed E-state index contributed by atoms with van der Waals surface area (Å²) >= 11 is 0. The highest BCUT2D eigenvalue weighted by Crippen LogP contribution is 2.30. The largest absolute Gasteiger partial charge is 0.339 e. The van der Waals surface area contributed by atoms with E-state index in [-0.39, 0.29) is 5.92 Å². The molecule has 1 aliphatic heterocycles. The van der Waals surface area contributed by atoms with Crippen molar-refractivity contribution in [2.24, 2.45) is 0 Å². The third kappa shape index (κ3) is 3.65. The first-order valence-electron chi connectivity index (χ1n) is 9.00. The van der Waals surface area contributed by atoms with Crippen LogP contribution in [0.3, 0.4) is 0 Å². The second kappa shape index (κ2) is 7.25. The highest BCUT2D eigenvalue weighted by Gasteiger charge is 2.33. The molecule has 140 valence electrons. The van der Waals surface area contributed by atoms with Crippen molar-refractivity contribution in [1.29, 1.82) is 0 Å². The quantitative estimate of drug-likeness (QED) is 0.688. The van der Waals surface area contributed by atoms with Gasteiger partial charge in [0.25, 0.3) is 0 Å². The molecule has 7 heteroatoms. The molecule has 0 bridgehead atoms. The van der Waals surface area contributed by atoms with E-state index < -0.39 is 10.0 Å². The lowest BCUT2D eigenvalue weighted by Crippen LogP contribution is -2.39. The highest BCUT2D eigenvalue weighted by molar-refractivity contribution is 7.89. The number of hydrogen-bond donors (Lipinski definition) is 0. The maximum Gasteiger partial charge on any atom is 0.243 e. The Hall–Kier alpha value is -2.51. The van der Waals surface area contributed by atoms with Crippen LogP contribution in [0, 0.1) is 6.92 Å². The van der Waals surface area contributed by atoms with E-state index in [0.717, 1.165) is 24.0 Å². The minimum Gasteiger partial charge on any atom is -0.339 e. The van der Waals surface area contributed by atoms with Crippen molar-refractivity contribution in [3.8, 4) is 11.4 Å². The molecule has 4 rings (SSSR count). The van der Waals surface area contributed by atoms with E-state index in [1.54, 1.807) is 24.3 Å². The maximum atomic E-state index is 12.9. The number of rotatable bonds is 4. The summed E-state index contributed by atoms with van der Waals surface area (Å²) in [5.41, 5.74) is 2.02. The number of hydrogen-bond acceptors (Lipinski definition) is 5. The molecule has 0 saturated carbocycles. The van der Waals surface area contributed by atoms with Gasteiger partial charge in [-0.2, -0.15) is 9.29 Å². The van der Waals surface area contributed by atoms with Crippen molar-refractivity contribution in [1.82, 2.24) is 14.4 Å². The number of piperidine rings is 1. The zero-order chi connectivity index (χ0) is 18.9. The minimum atomic E-state index is -3.51. The molecule has 0 spiro atoms. The lowest BCUT2D eigenvalue weighted by molar-refractivity contribution is 0.265. The van der Waals surface area contributed by atoms with Gasteiger partial charge >= 0.3 is 0 Å². The van der Waals surface area contributed by atoms with Crippen LogP contribution in [0.15, 0.2) is 64.0 Å². The molecule has 0 unspecified atom stereocenters. The van der Waals surface area contributed by atoms with Crippen LogP contribution in [0.25, 0.3) is 11.4 Å². The minimum absolute atomic E-state index is 0.0942. The summed E-state index contributed by atoms with van der Waals surface area (Å²) in [6, 6.07) is 16.4. The lowest BCUT2D eigenvalue weighted by atomic mass is 10.00. The van der Waals surface area contributed by atoms with Gasteiger partial charge in [-0.1, -0.05) is 47.1 Å². The Balaban J connectivity index is 1.56. The second-order valence-corrected chi connectivity index (χ2v) is 8.78. The fraction of sp³-hybridized carbons (Fsp3) is 0.300. The van der Waals surface area contributed by atoms with E-state index in [4.69, 9.17) is 4.52 Å². The monoisotopic (exact) mass is 383 g/mol. The van der Waals surface area contributed by atoms with Gasteiger partial charge in [0.1, 0.15) is 0 Å². The van der Waals surface area contributed by atoms with Crippen molar-refractivity contribution in [2.45, 2.75) is 30.6 Å². The molecular formula is C20H21N3O3S. The van der Waals surface area contributed by atoms with Crippen LogP contribution in [0.4, 0.5) is 0 Å². The molecule has 6 nitrogen and oxygen atoms in total. The van der Waals surface area contributed by atoms with Crippen LogP contribution in [0.5, 0.6) is 0 Å². The van der Waals surface area contributed by atoms with Gasteiger partial charge in [-0.05, 0) is 38.0 Å². The van der Waals surface area contributed by atoms with Crippen LogP contribution >= 0.6 is 0 Å². The maximum absolute atomic E-state index is 12.9. The SMILES string of the molecule is Cc1cccc(-c2noc([C@H]3CCCN(S(=O)(=O)c4ccccc4)C3)n2)c1. The van der Waals surface area contributed by atoms with Gasteiger partial charge < -0.3 is 4.52 Å². The van der Waals surface area contributed by atoms with E-state index in [1.165, 1.54) is 4.31 Å². The molecule has 0 aliphatic carbocycles. The van der Waals surface area contributed by atoms with Crippen LogP contribution in [0.2, 0.25) is 0 Å². The van der Waals surface area contributed by atoms with E-state index in [1.807, 2.05) is 37.3 Å². The second-order valence-electron chi connectivity index (χ2n) is 6.84. The standard InChI is InChI=1S/C20H21N3O3S/c1-15-7-5-8-16(13-15)19-21-20(26-22-19)17-9-6-12-23(14-17)27(24,25)18-10-3-2-4-11-18/h2-5,7-8,10-11,13,17H,6,9,12,14H2,1H3/t17-/m0/s1. The summed E-state index contributed by atoms with van der Waals surface area (Å²) in [6.07, 6.45) is 1.59. The van der Waals surface area contributed by atoms with E-state index in [0.29, 0.717) is 29.7 Å². The van der Waals surface area contributed by atoms with E-state index >= 15 is 0 Å². The fourth-order valence-corrected chi connectivity index (χ4v) is 4.95. The van der Waals surface area contributed by atoms with Gasteiger partial charge in [0.05, 0.1) is 10.8 Å². The van der Waals surface area contributed by atoms with Crippen molar-refractivity contribution in [3.63, 3.8) is 0 Å². The molecular weight excluding hydrogens is 362 g/mol. The Bertz CT molecular complexity index is 1030. The molecule has 1 atom stereocenters. The first-order chi connectivity index (χ1) is 13.0. The summed E-state index contributed by atoms with van der Waals surface area (Å²) in [5.74, 6) is 0.944. The van der Waals surface area contributed by atoms with Gasteiger partial charge in [0.2, 0.25) is 21.7 Å². The normalized spacial score (nSPS) is 18.5. The Morgan fingerprint density at radius 2 is 1.93 bits per heavy atom. The Morgan fingerprint density at radius 1 is 1.11 bits per heavy atom. The Kier molecular flexibility index (Phi) is 4.80. The number of sulfonamides is 1. The number of benzene rings is 2. The van der Waals surface area contributed by atoms with Crippen LogP contribution in [-0.4, -0.2) is 36.0 Å². The zero-order valence-corrected chi connectivity index (χ0v) is 15.9. The smallest absolute Gasteiger partial charge is 0.243 e. The van der Waals surface area contributed by atoms with Crippen molar-refractivity contribution in [3.05, 3.63) is 66.1 Å². The van der Waals surface area contributed by atoms with Crippen molar-refractivity contribution >= 4 is 10.0 Å². The summed E-state index contributed by atoms with van der Waals surface area (Å²) in [5, 5.41) is 4.09. The molecule has 0 radical (unpaired) electrons. The Labute approximate surface area is 158 Å². The van der Waals surface area contributed by atoms with Gasteiger partial charge in [-0.3, -0.25) is 0 Å². The predicted molar refractivity (Wildman–Crippen MR) is 102 cm³/mol. The Morgan fingerprint density at radius 3 is 2.70 bits per heavy atom. The number of nitrogens with zero attached hydrogens (tertiary/aromatic N) is 3. The third-order valence-corrected chi connectivity index (χ3v) is 6.71. The van der Waals surface area contributed by atoms with Gasteiger partial charge in [-0.15, -0.1) is 0 Å². The summed E-state index contributed by atoms with van der Waals surface area (Å²) < 4.78 is 32.8. The first kappa shape index (κ1) is 17.9. The molecule has 2 heterocycles. The van der Waals surface area contributed by atoms with Crippen molar-refractivity contribution < 1.29 is 12.9 Å². The number of aromatic nitrogens is 2. The van der Waals surface area contributed by atoms with E-state index in [9.17, 15) is 8.42 Å². The van der Waals surface area contributed by atoms with Crippen molar-refractivity contribution in [2.75, 3.05) is 13.1 Å². The molecule has 1 aliphatic rings. The van der Waals surface area contributed by atoms with Crippen LogP contribution in [-0.2, 0) is 10.0 Å². The van der Waals surface area contributed by atoms with E-state index in [2.05, 4.69) is 10.1 Å². The zero-order valence-electron chi connectivity index (χ0n) is 15.1. The average Bonchev–Trinajstić information content (AvgIpc) is 3.19. The van der Waals surface area contributed by atoms with Crippen LogP contribution < -0.4 is 0 Å². The predicted octanol–water partition coefficient (Wildman–Crippen LogP) is 3.61. The number of aryl methyl sites for hydroxylation is 1. The molecule has 0 N–H and O–H groups in total. The molecule has 0 amide bonds. The third-order valence-electron chi connectivity index (χ3n) is 4.83. The molecule has 27 heavy (non-hydrogen) atoms. The van der Waals surface area contributed by atoms with Gasteiger partial charge in [-0.25, -0.2) is 8.42 Å². The fourth-order valence-electron chi connectivity index (χ4n) is 3.41. The average molecular weight is 383 g/mol. The lowest BCUT2D eigenvalue weighted by Gasteiger charge is -2.30. The topological polar surface area (TPSA) is 76.3 Å². The molecule has 1 saturated heterocycles. The molecule has 2 aromatic carbocycles. The van der Waals surface area contributed by atoms with Crippen LogP contribution in [0.1, 0.15) is 30.2 Å². The molecule has 3 aromatic rings. The highest BCUT2D eigenvalue weighted by atomic mass is 32.2. The van der Waals surface area contributed by atoms with Gasteiger partial charge in [0.15, 0.2) is 0 Å². The molecule has 1 fully saturated rings. The summed E-state index contributed by atoms with van der Waals surface area (Å²) in [4.78, 5) is 4.85. The first-order valence-corrected chi connectivity index (χ1v) is 10.4. The van der Waals surface area contributed by atoms with Gasteiger partial charge in [0, 0.05) is 18.7 Å². The summed E-state index contributed by atoms with van der Waals surface area (Å²) in [6.45, 7) is 2.87. The summed E-state index contributed by atoms with van der Waals surface area (Å²) in [7, 11) is -3.51.